The Morgan fingerprint density at radius 3 is 2.24 bits per heavy atom. The van der Waals surface area contributed by atoms with Crippen molar-refractivity contribution in [3.05, 3.63) is 0 Å². The Labute approximate surface area is 106 Å². The molecule has 0 rings (SSSR count). The third kappa shape index (κ3) is 7.21. The van der Waals surface area contributed by atoms with Crippen LogP contribution in [0.2, 0.25) is 0 Å². The van der Waals surface area contributed by atoms with Gasteiger partial charge in [0, 0.05) is 26.2 Å². The van der Waals surface area contributed by atoms with E-state index < -0.39 is 0 Å². The van der Waals surface area contributed by atoms with Crippen molar-refractivity contribution in [1.29, 1.82) is 0 Å². The lowest BCUT2D eigenvalue weighted by Gasteiger charge is -2.27. The maximum atomic E-state index is 11.5. The quantitative estimate of drug-likeness (QED) is 0.690. The number of amides is 1. The fraction of sp³-hybridized carbons (Fsp3) is 0.923. The minimum absolute atomic E-state index is 0.0540. The Morgan fingerprint density at radius 2 is 1.76 bits per heavy atom. The number of nitrogens with zero attached hydrogens (tertiary/aromatic N) is 2. The van der Waals surface area contributed by atoms with Crippen molar-refractivity contribution in [3.63, 3.8) is 0 Å². The van der Waals surface area contributed by atoms with Gasteiger partial charge in [0.1, 0.15) is 0 Å². The first-order valence-corrected chi connectivity index (χ1v) is 6.50. The number of carbonyl (C=O) groups is 1. The highest BCUT2D eigenvalue weighted by Gasteiger charge is 2.14. The highest BCUT2D eigenvalue weighted by Crippen LogP contribution is 2.04. The summed E-state index contributed by atoms with van der Waals surface area (Å²) < 4.78 is 5.12. The van der Waals surface area contributed by atoms with Crippen LogP contribution >= 0.6 is 0 Å². The standard InChI is InChI=1S/C13H28N2O2/c1-7-8-12(4)14(5)9-10-15(6)13(16)17-11(2)3/h11-12H,7-10H2,1-6H3. The molecule has 1 unspecified atom stereocenters. The van der Waals surface area contributed by atoms with E-state index in [4.69, 9.17) is 4.74 Å². The number of likely N-dealkylation sites (N-methyl/N-ethyl adjacent to an activating group) is 2. The zero-order valence-electron chi connectivity index (χ0n) is 12.2. The smallest absolute Gasteiger partial charge is 0.409 e. The van der Waals surface area contributed by atoms with Crippen molar-refractivity contribution in [2.45, 2.75) is 52.7 Å². The number of hydrogen-bond donors (Lipinski definition) is 0. The topological polar surface area (TPSA) is 32.8 Å². The zero-order valence-corrected chi connectivity index (χ0v) is 12.2. The molecule has 0 spiro atoms. The average molecular weight is 244 g/mol. The summed E-state index contributed by atoms with van der Waals surface area (Å²) in [4.78, 5) is 15.5. The zero-order chi connectivity index (χ0) is 13.4. The maximum absolute atomic E-state index is 11.5. The first-order valence-electron chi connectivity index (χ1n) is 6.50. The van der Waals surface area contributed by atoms with Gasteiger partial charge in [0.2, 0.25) is 0 Å². The predicted molar refractivity (Wildman–Crippen MR) is 71.2 cm³/mol. The second kappa shape index (κ2) is 8.34. The molecule has 0 bridgehead atoms. The molecule has 1 amide bonds. The maximum Gasteiger partial charge on any atom is 0.409 e. The van der Waals surface area contributed by atoms with Crippen LogP contribution in [0.1, 0.15) is 40.5 Å². The fourth-order valence-corrected chi connectivity index (χ4v) is 1.55. The molecular weight excluding hydrogens is 216 g/mol. The van der Waals surface area contributed by atoms with Crippen molar-refractivity contribution in [3.8, 4) is 0 Å². The molecule has 0 aromatic heterocycles. The van der Waals surface area contributed by atoms with Crippen LogP contribution in [0.25, 0.3) is 0 Å². The lowest BCUT2D eigenvalue weighted by Crippen LogP contribution is -2.39. The Balaban J connectivity index is 3.90. The van der Waals surface area contributed by atoms with Crippen LogP contribution in [0.3, 0.4) is 0 Å². The Bertz CT molecular complexity index is 219. The second-order valence-corrected chi connectivity index (χ2v) is 4.97. The van der Waals surface area contributed by atoms with Crippen molar-refractivity contribution in [2.24, 2.45) is 0 Å². The lowest BCUT2D eigenvalue weighted by atomic mass is 10.2. The van der Waals surface area contributed by atoms with Crippen LogP contribution in [0.4, 0.5) is 4.79 Å². The third-order valence-corrected chi connectivity index (χ3v) is 2.90. The van der Waals surface area contributed by atoms with Crippen LogP contribution in [0.15, 0.2) is 0 Å². The van der Waals surface area contributed by atoms with Crippen LogP contribution in [-0.2, 0) is 4.74 Å². The normalized spacial score (nSPS) is 12.9. The fourth-order valence-electron chi connectivity index (χ4n) is 1.55. The van der Waals surface area contributed by atoms with Crippen molar-refractivity contribution < 1.29 is 9.53 Å². The minimum Gasteiger partial charge on any atom is -0.447 e. The molecule has 0 aliphatic carbocycles. The molecule has 0 aliphatic rings. The highest BCUT2D eigenvalue weighted by atomic mass is 16.6. The van der Waals surface area contributed by atoms with Crippen LogP contribution < -0.4 is 0 Å². The molecule has 102 valence electrons. The van der Waals surface area contributed by atoms with Gasteiger partial charge in [-0.05, 0) is 34.2 Å². The summed E-state index contributed by atoms with van der Waals surface area (Å²) in [5.74, 6) is 0. The largest absolute Gasteiger partial charge is 0.447 e. The van der Waals surface area contributed by atoms with Crippen LogP contribution in [-0.4, -0.2) is 55.2 Å². The van der Waals surface area contributed by atoms with Gasteiger partial charge in [0.25, 0.3) is 0 Å². The summed E-state index contributed by atoms with van der Waals surface area (Å²) in [5.41, 5.74) is 0. The molecule has 4 heteroatoms. The van der Waals surface area contributed by atoms with Gasteiger partial charge in [-0.3, -0.25) is 0 Å². The number of carbonyl (C=O) groups excluding carboxylic acids is 1. The monoisotopic (exact) mass is 244 g/mol. The first-order chi connectivity index (χ1) is 7.88. The summed E-state index contributed by atoms with van der Waals surface area (Å²) in [6.07, 6.45) is 2.09. The van der Waals surface area contributed by atoms with Gasteiger partial charge in [0.05, 0.1) is 6.10 Å². The van der Waals surface area contributed by atoms with Gasteiger partial charge < -0.3 is 14.5 Å². The molecule has 0 saturated heterocycles. The van der Waals surface area contributed by atoms with Gasteiger partial charge >= 0.3 is 6.09 Å². The average Bonchev–Trinajstić information content (AvgIpc) is 2.24. The second-order valence-electron chi connectivity index (χ2n) is 4.97. The molecule has 0 radical (unpaired) electrons. The SMILES string of the molecule is CCCC(C)N(C)CCN(C)C(=O)OC(C)C. The molecule has 0 N–H and O–H groups in total. The van der Waals surface area contributed by atoms with Crippen molar-refractivity contribution in [2.75, 3.05) is 27.2 Å². The third-order valence-electron chi connectivity index (χ3n) is 2.90. The van der Waals surface area contributed by atoms with Gasteiger partial charge in [-0.25, -0.2) is 4.79 Å². The van der Waals surface area contributed by atoms with Gasteiger partial charge in [-0.1, -0.05) is 13.3 Å². The van der Waals surface area contributed by atoms with Gasteiger partial charge in [-0.2, -0.15) is 0 Å². The summed E-state index contributed by atoms with van der Waals surface area (Å²) >= 11 is 0. The highest BCUT2D eigenvalue weighted by molar-refractivity contribution is 5.67. The van der Waals surface area contributed by atoms with Crippen molar-refractivity contribution in [1.82, 2.24) is 9.80 Å². The van der Waals surface area contributed by atoms with E-state index in [1.807, 2.05) is 13.8 Å². The van der Waals surface area contributed by atoms with E-state index in [1.165, 1.54) is 12.8 Å². The van der Waals surface area contributed by atoms with E-state index in [2.05, 4.69) is 25.8 Å². The number of hydrogen-bond acceptors (Lipinski definition) is 3. The summed E-state index contributed by atoms with van der Waals surface area (Å²) in [6.45, 7) is 9.72. The molecule has 0 aromatic rings. The molecule has 0 saturated carbocycles. The van der Waals surface area contributed by atoms with Gasteiger partial charge in [-0.15, -0.1) is 0 Å². The van der Waals surface area contributed by atoms with Crippen LogP contribution in [0.5, 0.6) is 0 Å². The Hall–Kier alpha value is -0.770. The van der Waals surface area contributed by atoms with Gasteiger partial charge in [0.15, 0.2) is 0 Å². The number of ether oxygens (including phenoxy) is 1. The molecule has 4 nitrogen and oxygen atoms in total. The van der Waals surface area contributed by atoms with E-state index in [9.17, 15) is 4.79 Å². The van der Waals surface area contributed by atoms with Crippen LogP contribution in [0, 0.1) is 0 Å². The Kier molecular flexibility index (Phi) is 7.96. The molecule has 0 aliphatic heterocycles. The lowest BCUT2D eigenvalue weighted by molar-refractivity contribution is 0.0802. The summed E-state index contributed by atoms with van der Waals surface area (Å²) in [7, 11) is 3.88. The molecule has 1 atom stereocenters. The van der Waals surface area contributed by atoms with E-state index >= 15 is 0 Å². The van der Waals surface area contributed by atoms with E-state index in [-0.39, 0.29) is 12.2 Å². The van der Waals surface area contributed by atoms with E-state index in [0.29, 0.717) is 12.6 Å². The molecule has 0 heterocycles. The summed E-state index contributed by atoms with van der Waals surface area (Å²) in [6, 6.07) is 0.564. The Morgan fingerprint density at radius 1 is 1.18 bits per heavy atom. The molecule has 0 aromatic carbocycles. The molecule has 0 fully saturated rings. The predicted octanol–water partition coefficient (Wildman–Crippen LogP) is 2.58. The number of rotatable bonds is 7. The minimum atomic E-state index is -0.239. The summed E-state index contributed by atoms with van der Waals surface area (Å²) in [5, 5.41) is 0. The molecule has 17 heavy (non-hydrogen) atoms. The first kappa shape index (κ1) is 16.2. The molecular formula is C13H28N2O2. The van der Waals surface area contributed by atoms with E-state index in [0.717, 1.165) is 6.54 Å². The van der Waals surface area contributed by atoms with E-state index in [1.54, 1.807) is 11.9 Å². The van der Waals surface area contributed by atoms with Crippen molar-refractivity contribution >= 4 is 6.09 Å².